The number of nitrogens with one attached hydrogen (secondary N) is 4. The second-order valence-corrected chi connectivity index (χ2v) is 7.80. The van der Waals surface area contributed by atoms with Crippen LogP contribution in [-0.4, -0.2) is 31.2 Å². The van der Waals surface area contributed by atoms with E-state index in [0.717, 1.165) is 23.3 Å². The lowest BCUT2D eigenvalue weighted by Crippen LogP contribution is -2.20. The van der Waals surface area contributed by atoms with Crippen molar-refractivity contribution in [3.8, 4) is 0 Å². The summed E-state index contributed by atoms with van der Waals surface area (Å²) in [5, 5.41) is 14.1. The minimum Gasteiger partial charge on any atom is -0.325 e. The van der Waals surface area contributed by atoms with Crippen LogP contribution in [0.3, 0.4) is 0 Å². The molecule has 4 rings (SSSR count). The highest BCUT2D eigenvalue weighted by molar-refractivity contribution is 6.31. The largest absolute Gasteiger partial charge is 0.417 e. The number of hydrogen-bond acceptors (Lipinski definition) is 6. The molecular formula is C22H18ClF3N8O. The number of urea groups is 1. The second-order valence-electron chi connectivity index (χ2n) is 7.40. The predicted molar refractivity (Wildman–Crippen MR) is 125 cm³/mol. The van der Waals surface area contributed by atoms with E-state index in [1.54, 1.807) is 36.8 Å². The number of aryl methyl sites for hydroxylation is 1. The quantitative estimate of drug-likeness (QED) is 0.274. The van der Waals surface area contributed by atoms with Crippen molar-refractivity contribution in [1.82, 2.24) is 25.1 Å². The highest BCUT2D eigenvalue weighted by Gasteiger charge is 2.33. The molecule has 0 fully saturated rings. The van der Waals surface area contributed by atoms with Gasteiger partial charge in [0.2, 0.25) is 0 Å². The van der Waals surface area contributed by atoms with Crippen molar-refractivity contribution in [1.29, 1.82) is 0 Å². The van der Waals surface area contributed by atoms with Gasteiger partial charge < -0.3 is 10.6 Å². The summed E-state index contributed by atoms with van der Waals surface area (Å²) >= 11 is 5.60. The van der Waals surface area contributed by atoms with E-state index < -0.39 is 22.8 Å². The van der Waals surface area contributed by atoms with Gasteiger partial charge in [-0.15, -0.1) is 0 Å². The molecule has 35 heavy (non-hydrogen) atoms. The lowest BCUT2D eigenvalue weighted by atomic mass is 10.1. The Morgan fingerprint density at radius 3 is 2.60 bits per heavy atom. The van der Waals surface area contributed by atoms with Crippen molar-refractivity contribution in [2.75, 3.05) is 16.0 Å². The molecule has 1 aromatic carbocycles. The zero-order valence-electron chi connectivity index (χ0n) is 18.1. The summed E-state index contributed by atoms with van der Waals surface area (Å²) in [4.78, 5) is 25.2. The Hall–Kier alpha value is -4.19. The number of carbonyl (C=O) groups is 1. The predicted octanol–water partition coefficient (Wildman–Crippen LogP) is 5.55. The van der Waals surface area contributed by atoms with E-state index in [4.69, 9.17) is 11.6 Å². The molecule has 0 aliphatic carbocycles. The second kappa shape index (κ2) is 9.97. The van der Waals surface area contributed by atoms with E-state index in [1.165, 1.54) is 6.07 Å². The maximum absolute atomic E-state index is 13.0. The number of carbonyl (C=O) groups excluding carboxylic acids is 1. The molecule has 4 aromatic rings. The first-order valence-corrected chi connectivity index (χ1v) is 10.5. The first-order chi connectivity index (χ1) is 16.7. The maximum atomic E-state index is 13.0. The number of aromatic nitrogens is 5. The minimum absolute atomic E-state index is 0.0617. The summed E-state index contributed by atoms with van der Waals surface area (Å²) in [6.45, 7) is 1.83. The van der Waals surface area contributed by atoms with Crippen molar-refractivity contribution in [3.63, 3.8) is 0 Å². The van der Waals surface area contributed by atoms with Crippen LogP contribution in [0.15, 0.2) is 55.0 Å². The summed E-state index contributed by atoms with van der Waals surface area (Å²) in [7, 11) is 0. The van der Waals surface area contributed by atoms with Gasteiger partial charge in [0.1, 0.15) is 23.3 Å². The van der Waals surface area contributed by atoms with Crippen molar-refractivity contribution in [2.24, 2.45) is 0 Å². The molecule has 0 saturated carbocycles. The number of alkyl halides is 3. The van der Waals surface area contributed by atoms with E-state index in [1.807, 2.05) is 6.92 Å². The monoisotopic (exact) mass is 502 g/mol. The Morgan fingerprint density at radius 2 is 1.89 bits per heavy atom. The van der Waals surface area contributed by atoms with Gasteiger partial charge in [0, 0.05) is 30.6 Å². The molecule has 0 radical (unpaired) electrons. The molecule has 0 bridgehead atoms. The summed E-state index contributed by atoms with van der Waals surface area (Å²) in [5.41, 5.74) is 0.550. The molecule has 13 heteroatoms. The number of rotatable bonds is 6. The molecule has 0 aliphatic heterocycles. The molecule has 4 N–H and O–H groups in total. The van der Waals surface area contributed by atoms with Gasteiger partial charge >= 0.3 is 12.2 Å². The van der Waals surface area contributed by atoms with Gasteiger partial charge in [-0.2, -0.15) is 18.3 Å². The van der Waals surface area contributed by atoms with Crippen LogP contribution in [0.5, 0.6) is 0 Å². The molecule has 3 aromatic heterocycles. The maximum Gasteiger partial charge on any atom is 0.417 e. The Bertz CT molecular complexity index is 1350. The molecule has 0 spiro atoms. The van der Waals surface area contributed by atoms with Crippen molar-refractivity contribution < 1.29 is 18.0 Å². The molecule has 9 nitrogen and oxygen atoms in total. The van der Waals surface area contributed by atoms with E-state index >= 15 is 0 Å². The van der Waals surface area contributed by atoms with Crippen LogP contribution in [-0.2, 0) is 12.6 Å². The molecule has 180 valence electrons. The lowest BCUT2D eigenvalue weighted by Gasteiger charge is -2.13. The fraction of sp³-hybridized carbons (Fsp3) is 0.136. The number of anilines is 4. The fourth-order valence-electron chi connectivity index (χ4n) is 3.12. The average molecular weight is 503 g/mol. The number of H-pyrrole nitrogens is 1. The van der Waals surface area contributed by atoms with Gasteiger partial charge in [0.15, 0.2) is 0 Å². The third kappa shape index (κ3) is 6.23. The first-order valence-electron chi connectivity index (χ1n) is 10.2. The van der Waals surface area contributed by atoms with Gasteiger partial charge in [-0.1, -0.05) is 11.6 Å². The SMILES string of the molecule is Cc1cc(NC(=O)Nc2ccc(Cl)c(C(F)(F)F)c2)ncc1Cc1nccc(Nc2ccn[nH]2)n1. The van der Waals surface area contributed by atoms with Crippen LogP contribution in [0, 0.1) is 6.92 Å². The van der Waals surface area contributed by atoms with Gasteiger partial charge in [0.05, 0.1) is 16.8 Å². The van der Waals surface area contributed by atoms with Crippen molar-refractivity contribution in [3.05, 3.63) is 82.5 Å². The molecule has 0 saturated heterocycles. The number of amides is 2. The normalized spacial score (nSPS) is 11.2. The summed E-state index contributed by atoms with van der Waals surface area (Å²) < 4.78 is 39.1. The first kappa shape index (κ1) is 24.0. The molecule has 0 unspecified atom stereocenters. The van der Waals surface area contributed by atoms with Crippen LogP contribution in [0.4, 0.5) is 41.1 Å². The summed E-state index contributed by atoms with van der Waals surface area (Å²) in [6, 6.07) is 7.48. The average Bonchev–Trinajstić information content (AvgIpc) is 3.29. The molecule has 0 atom stereocenters. The number of hydrogen-bond donors (Lipinski definition) is 4. The summed E-state index contributed by atoms with van der Waals surface area (Å²) in [5.74, 6) is 2.07. The number of pyridine rings is 1. The Labute approximate surface area is 202 Å². The number of halogens is 4. The van der Waals surface area contributed by atoms with Crippen LogP contribution in [0.25, 0.3) is 0 Å². The van der Waals surface area contributed by atoms with E-state index in [2.05, 4.69) is 41.1 Å². The van der Waals surface area contributed by atoms with Crippen LogP contribution >= 0.6 is 11.6 Å². The van der Waals surface area contributed by atoms with Crippen LogP contribution < -0.4 is 16.0 Å². The third-order valence-electron chi connectivity index (χ3n) is 4.81. The molecule has 3 heterocycles. The van der Waals surface area contributed by atoms with E-state index in [-0.39, 0.29) is 11.5 Å². The molecule has 0 aliphatic rings. The topological polar surface area (TPSA) is 121 Å². The summed E-state index contributed by atoms with van der Waals surface area (Å²) in [6.07, 6.45) is 0.579. The van der Waals surface area contributed by atoms with Gasteiger partial charge in [0.25, 0.3) is 0 Å². The lowest BCUT2D eigenvalue weighted by molar-refractivity contribution is -0.137. The molecular weight excluding hydrogens is 485 g/mol. The Kier molecular flexibility index (Phi) is 6.82. The van der Waals surface area contributed by atoms with Gasteiger partial charge in [-0.25, -0.2) is 19.7 Å². The molecule has 2 amide bonds. The Balaban J connectivity index is 1.40. The smallest absolute Gasteiger partial charge is 0.325 e. The van der Waals surface area contributed by atoms with Crippen LogP contribution in [0.1, 0.15) is 22.5 Å². The van der Waals surface area contributed by atoms with E-state index in [0.29, 0.717) is 23.9 Å². The minimum atomic E-state index is -4.64. The number of aromatic amines is 1. The Morgan fingerprint density at radius 1 is 1.06 bits per heavy atom. The highest BCUT2D eigenvalue weighted by atomic mass is 35.5. The zero-order valence-corrected chi connectivity index (χ0v) is 18.9. The van der Waals surface area contributed by atoms with Gasteiger partial charge in [-0.05, 0) is 48.4 Å². The zero-order chi connectivity index (χ0) is 25.0. The van der Waals surface area contributed by atoms with Crippen LogP contribution in [0.2, 0.25) is 5.02 Å². The number of nitrogens with zero attached hydrogens (tertiary/aromatic N) is 4. The van der Waals surface area contributed by atoms with Gasteiger partial charge in [-0.3, -0.25) is 10.4 Å². The number of benzene rings is 1. The van der Waals surface area contributed by atoms with E-state index in [9.17, 15) is 18.0 Å². The van der Waals surface area contributed by atoms with Crippen molar-refractivity contribution in [2.45, 2.75) is 19.5 Å². The standard InChI is InChI=1S/C22H18ClF3N8O/c1-12-8-19(33-21(35)30-14-2-3-16(23)15(10-14)22(24,25)26)28-11-13(12)9-20-27-6-4-17(32-20)31-18-5-7-29-34-18/h2-8,10-11H,9H2,1H3,(H2,28,30,33,35)(H2,27,29,31,32,34). The third-order valence-corrected chi connectivity index (χ3v) is 5.14. The van der Waals surface area contributed by atoms with Crippen molar-refractivity contribution >= 4 is 40.8 Å². The fourth-order valence-corrected chi connectivity index (χ4v) is 3.35. The highest BCUT2D eigenvalue weighted by Crippen LogP contribution is 2.36.